The topological polar surface area (TPSA) is 0 Å². The lowest BCUT2D eigenvalue weighted by Gasteiger charge is -2.04. The molecule has 0 aromatic carbocycles. The molecule has 0 unspecified atom stereocenters. The highest BCUT2D eigenvalue weighted by Crippen LogP contribution is 2.31. The predicted molar refractivity (Wildman–Crippen MR) is 120 cm³/mol. The van der Waals surface area contributed by atoms with E-state index in [-0.39, 0.29) is 0 Å². The van der Waals surface area contributed by atoms with E-state index in [0.717, 1.165) is 5.92 Å². The van der Waals surface area contributed by atoms with Crippen LogP contribution < -0.4 is 0 Å². The molecule has 0 aliphatic rings. The molecule has 1 rings (SSSR count). The zero-order valence-electron chi connectivity index (χ0n) is 17.4. The second-order valence-corrected chi connectivity index (χ2v) is 7.92. The van der Waals surface area contributed by atoms with E-state index in [1.165, 1.54) is 66.0 Å². The summed E-state index contributed by atoms with van der Waals surface area (Å²) in [7, 11) is 0. The van der Waals surface area contributed by atoms with E-state index in [0.29, 0.717) is 0 Å². The summed E-state index contributed by atoms with van der Waals surface area (Å²) in [5.74, 6) is 0.874. The Morgan fingerprint density at radius 1 is 1.00 bits per heavy atom. The first-order valence-electron chi connectivity index (χ1n) is 9.96. The fourth-order valence-electron chi connectivity index (χ4n) is 2.42. The Morgan fingerprint density at radius 3 is 2.00 bits per heavy atom. The van der Waals surface area contributed by atoms with E-state index < -0.39 is 0 Å². The Morgan fingerprint density at radius 2 is 1.54 bits per heavy atom. The van der Waals surface area contributed by atoms with Crippen molar-refractivity contribution in [3.05, 3.63) is 22.4 Å². The molecule has 0 N–H and O–H groups in total. The Kier molecular flexibility index (Phi) is 20.7. The van der Waals surface area contributed by atoms with E-state index in [1.54, 1.807) is 0 Å². The van der Waals surface area contributed by atoms with Crippen LogP contribution in [0.3, 0.4) is 0 Å². The molecule has 24 heavy (non-hydrogen) atoms. The van der Waals surface area contributed by atoms with Crippen LogP contribution in [-0.4, -0.2) is 6.26 Å². The summed E-state index contributed by atoms with van der Waals surface area (Å²) >= 11 is 3.76. The minimum atomic E-state index is 0.874. The molecule has 0 atom stereocenters. The lowest BCUT2D eigenvalue weighted by molar-refractivity contribution is 0.512. The monoisotopic (exact) mass is 370 g/mol. The van der Waals surface area contributed by atoms with Gasteiger partial charge in [0, 0.05) is 14.6 Å². The second kappa shape index (κ2) is 19.1. The van der Waals surface area contributed by atoms with Crippen LogP contribution in [-0.2, 0) is 6.42 Å². The Labute approximate surface area is 161 Å². The minimum Gasteiger partial charge on any atom is -0.140 e. The average molecular weight is 371 g/mol. The van der Waals surface area contributed by atoms with Gasteiger partial charge in [-0.25, -0.2) is 0 Å². The van der Waals surface area contributed by atoms with Gasteiger partial charge in [0.2, 0.25) is 0 Å². The summed E-state index contributed by atoms with van der Waals surface area (Å²) in [6, 6.07) is 2.36. The van der Waals surface area contributed by atoms with Crippen LogP contribution in [0, 0.1) is 5.92 Å². The van der Waals surface area contributed by atoms with Crippen molar-refractivity contribution < 1.29 is 0 Å². The van der Waals surface area contributed by atoms with Crippen molar-refractivity contribution in [2.75, 3.05) is 6.26 Å². The number of aryl methyl sites for hydroxylation is 1. The first-order chi connectivity index (χ1) is 11.7. The average Bonchev–Trinajstić information content (AvgIpc) is 3.03. The summed E-state index contributed by atoms with van der Waals surface area (Å²) in [4.78, 5) is 4.28. The molecule has 0 bridgehead atoms. The molecule has 1 aromatic heterocycles. The van der Waals surface area contributed by atoms with Gasteiger partial charge in [-0.1, -0.05) is 92.7 Å². The molecule has 0 amide bonds. The molecule has 0 fully saturated rings. The van der Waals surface area contributed by atoms with Crippen LogP contribution in [0.1, 0.15) is 96.2 Å². The van der Waals surface area contributed by atoms with Gasteiger partial charge in [-0.05, 0) is 31.1 Å². The smallest absolute Gasteiger partial charge is 0.0403 e. The Bertz CT molecular complexity index is 377. The summed E-state index contributed by atoms with van der Waals surface area (Å²) < 4.78 is 0. The van der Waals surface area contributed by atoms with E-state index >= 15 is 0 Å². The minimum absolute atomic E-state index is 0.874. The molecule has 0 aliphatic carbocycles. The van der Waals surface area contributed by atoms with Gasteiger partial charge < -0.3 is 0 Å². The third kappa shape index (κ3) is 13.1. The van der Waals surface area contributed by atoms with Crippen LogP contribution in [0.5, 0.6) is 0 Å². The van der Waals surface area contributed by atoms with Gasteiger partial charge in [0.25, 0.3) is 0 Å². The lowest BCUT2D eigenvalue weighted by atomic mass is 10.0. The first-order valence-corrected chi connectivity index (χ1v) is 12.0. The van der Waals surface area contributed by atoms with Gasteiger partial charge in [0.05, 0.1) is 0 Å². The van der Waals surface area contributed by atoms with Crippen LogP contribution in [0.4, 0.5) is 0 Å². The van der Waals surface area contributed by atoms with Crippen molar-refractivity contribution in [3.8, 4) is 0 Å². The van der Waals surface area contributed by atoms with E-state index in [4.69, 9.17) is 0 Å². The maximum absolute atomic E-state index is 3.90. The maximum Gasteiger partial charge on any atom is 0.0403 e. The molecule has 0 radical (unpaired) electrons. The van der Waals surface area contributed by atoms with Crippen molar-refractivity contribution in [1.29, 1.82) is 0 Å². The Balaban J connectivity index is 0. The third-order valence-electron chi connectivity index (χ3n) is 3.64. The number of thioether (sulfide) groups is 1. The largest absolute Gasteiger partial charge is 0.140 e. The molecular formula is C22H42S2. The van der Waals surface area contributed by atoms with Crippen LogP contribution >= 0.6 is 23.1 Å². The lowest BCUT2D eigenvalue weighted by Crippen LogP contribution is -1.87. The quantitative estimate of drug-likeness (QED) is 0.276. The number of unbranched alkanes of at least 4 members (excludes halogenated alkanes) is 5. The van der Waals surface area contributed by atoms with Crippen molar-refractivity contribution in [2.45, 2.75) is 97.8 Å². The SMILES string of the molecule is C=Cc1sc(CCCCCCCCC(C)C)cc1SC.CC.CC. The fraction of sp³-hybridized carbons (Fsp3) is 0.727. The number of hydrogen-bond donors (Lipinski definition) is 0. The van der Waals surface area contributed by atoms with Gasteiger partial charge in [-0.2, -0.15) is 0 Å². The van der Waals surface area contributed by atoms with Gasteiger partial charge in [-0.15, -0.1) is 23.1 Å². The molecule has 1 heterocycles. The molecule has 0 saturated carbocycles. The highest BCUT2D eigenvalue weighted by Gasteiger charge is 2.05. The fourth-order valence-corrected chi connectivity index (χ4v) is 4.36. The number of rotatable bonds is 11. The molecule has 2 heteroatoms. The maximum atomic E-state index is 3.90. The standard InChI is InChI=1S/C18H30S2.2C2H6/c1-5-17-18(19-4)14-16(20-17)13-11-9-7-6-8-10-12-15(2)3;2*1-2/h5,14-15H,1,6-13H2,2-4H3;2*1-2H3. The van der Waals surface area contributed by atoms with E-state index in [9.17, 15) is 0 Å². The first kappa shape index (κ1) is 26.0. The summed E-state index contributed by atoms with van der Waals surface area (Å²) in [6.07, 6.45) is 15.2. The zero-order chi connectivity index (χ0) is 18.8. The summed E-state index contributed by atoms with van der Waals surface area (Å²) in [5.41, 5.74) is 0. The highest BCUT2D eigenvalue weighted by atomic mass is 32.2. The number of hydrogen-bond acceptors (Lipinski definition) is 2. The van der Waals surface area contributed by atoms with Crippen molar-refractivity contribution in [2.24, 2.45) is 5.92 Å². The second-order valence-electron chi connectivity index (χ2n) is 5.90. The normalized spacial score (nSPS) is 9.83. The van der Waals surface area contributed by atoms with Crippen LogP contribution in [0.15, 0.2) is 17.5 Å². The van der Waals surface area contributed by atoms with Crippen molar-refractivity contribution >= 4 is 29.2 Å². The number of thiophene rings is 1. The van der Waals surface area contributed by atoms with Crippen molar-refractivity contribution in [3.63, 3.8) is 0 Å². The third-order valence-corrected chi connectivity index (χ3v) is 5.73. The van der Waals surface area contributed by atoms with Gasteiger partial charge >= 0.3 is 0 Å². The van der Waals surface area contributed by atoms with E-state index in [2.05, 4.69) is 32.7 Å². The highest BCUT2D eigenvalue weighted by molar-refractivity contribution is 7.98. The van der Waals surface area contributed by atoms with Gasteiger partial charge in [0.1, 0.15) is 0 Å². The molecule has 0 saturated heterocycles. The summed E-state index contributed by atoms with van der Waals surface area (Å²) in [5, 5.41) is 0. The molecule has 0 spiro atoms. The molecule has 1 aromatic rings. The van der Waals surface area contributed by atoms with Crippen molar-refractivity contribution in [1.82, 2.24) is 0 Å². The molecule has 0 aliphatic heterocycles. The molecule has 0 nitrogen and oxygen atoms in total. The van der Waals surface area contributed by atoms with Gasteiger partial charge in [0.15, 0.2) is 0 Å². The van der Waals surface area contributed by atoms with Crippen LogP contribution in [0.25, 0.3) is 6.08 Å². The van der Waals surface area contributed by atoms with Gasteiger partial charge in [-0.3, -0.25) is 0 Å². The van der Waals surface area contributed by atoms with Crippen LogP contribution in [0.2, 0.25) is 0 Å². The van der Waals surface area contributed by atoms with E-state index in [1.807, 2.05) is 56.9 Å². The predicted octanol–water partition coefficient (Wildman–Crippen LogP) is 9.09. The zero-order valence-corrected chi connectivity index (χ0v) is 19.0. The Hall–Kier alpha value is -0.210. The molecule has 142 valence electrons. The summed E-state index contributed by atoms with van der Waals surface area (Å²) in [6.45, 7) is 16.5. The molecular weight excluding hydrogens is 328 g/mol.